The number of allylic oxidation sites excluding steroid dienone is 1. The molecular formula is C22H34. The molecule has 1 unspecified atom stereocenters. The van der Waals surface area contributed by atoms with Gasteiger partial charge in [-0.1, -0.05) is 55.7 Å². The van der Waals surface area contributed by atoms with Crippen LogP contribution >= 0.6 is 0 Å². The fraction of sp³-hybridized carbons (Fsp3) is 0.636. The first kappa shape index (κ1) is 17.3. The summed E-state index contributed by atoms with van der Waals surface area (Å²) >= 11 is 0. The van der Waals surface area contributed by atoms with Gasteiger partial charge < -0.3 is 0 Å². The average molecular weight is 299 g/mol. The van der Waals surface area contributed by atoms with E-state index in [9.17, 15) is 0 Å². The first-order chi connectivity index (χ1) is 10.7. The molecule has 0 heterocycles. The van der Waals surface area contributed by atoms with Crippen molar-refractivity contribution in [2.75, 3.05) is 0 Å². The molecule has 0 heteroatoms. The third-order valence-electron chi connectivity index (χ3n) is 5.58. The second-order valence-electron chi connectivity index (χ2n) is 7.49. The normalized spacial score (nSPS) is 23.2. The van der Waals surface area contributed by atoms with E-state index in [1.165, 1.54) is 63.4 Å². The molecule has 1 fully saturated rings. The highest BCUT2D eigenvalue weighted by Crippen LogP contribution is 2.39. The topological polar surface area (TPSA) is 0 Å². The Morgan fingerprint density at radius 1 is 1.14 bits per heavy atom. The van der Waals surface area contributed by atoms with E-state index in [0.717, 1.165) is 17.8 Å². The van der Waals surface area contributed by atoms with Gasteiger partial charge in [-0.05, 0) is 75.2 Å². The molecule has 0 radical (unpaired) electrons. The third kappa shape index (κ3) is 5.63. The van der Waals surface area contributed by atoms with Crippen LogP contribution in [0.5, 0.6) is 0 Å². The van der Waals surface area contributed by atoms with Gasteiger partial charge in [-0.3, -0.25) is 0 Å². The Balaban J connectivity index is 1.72. The minimum absolute atomic E-state index is 0.820. The highest BCUT2D eigenvalue weighted by molar-refractivity contribution is 5.19. The van der Waals surface area contributed by atoms with Crippen molar-refractivity contribution in [1.82, 2.24) is 0 Å². The summed E-state index contributed by atoms with van der Waals surface area (Å²) in [6, 6.07) is 11.1. The molecule has 22 heavy (non-hydrogen) atoms. The van der Waals surface area contributed by atoms with Crippen molar-refractivity contribution in [2.45, 2.75) is 77.6 Å². The third-order valence-corrected chi connectivity index (χ3v) is 5.58. The van der Waals surface area contributed by atoms with Crippen LogP contribution in [0.4, 0.5) is 0 Å². The van der Waals surface area contributed by atoms with Crippen molar-refractivity contribution < 1.29 is 0 Å². The molecule has 1 aliphatic carbocycles. The Kier molecular flexibility index (Phi) is 7.22. The summed E-state index contributed by atoms with van der Waals surface area (Å²) in [7, 11) is 0. The van der Waals surface area contributed by atoms with Gasteiger partial charge in [0.05, 0.1) is 0 Å². The molecule has 122 valence electrons. The van der Waals surface area contributed by atoms with E-state index in [1.807, 2.05) is 0 Å². The van der Waals surface area contributed by atoms with E-state index in [0.29, 0.717) is 0 Å². The van der Waals surface area contributed by atoms with Gasteiger partial charge in [0.15, 0.2) is 0 Å². The minimum Gasteiger partial charge on any atom is -0.100 e. The predicted octanol–water partition coefficient (Wildman–Crippen LogP) is 7.12. The predicted molar refractivity (Wildman–Crippen MR) is 98.2 cm³/mol. The highest BCUT2D eigenvalue weighted by atomic mass is 14.3. The summed E-state index contributed by atoms with van der Waals surface area (Å²) in [6.45, 7) is 8.57. The van der Waals surface area contributed by atoms with Crippen LogP contribution in [-0.2, 0) is 0 Å². The van der Waals surface area contributed by atoms with Gasteiger partial charge in [-0.2, -0.15) is 0 Å². The molecule has 0 aliphatic heterocycles. The van der Waals surface area contributed by atoms with Crippen molar-refractivity contribution in [3.05, 3.63) is 48.0 Å². The lowest BCUT2D eigenvalue weighted by molar-refractivity contribution is 0.256. The monoisotopic (exact) mass is 298 g/mol. The average Bonchev–Trinajstić information content (AvgIpc) is 2.55. The molecule has 0 bridgehead atoms. The van der Waals surface area contributed by atoms with Gasteiger partial charge in [0.1, 0.15) is 0 Å². The molecule has 1 saturated carbocycles. The Labute approximate surface area is 138 Å². The zero-order chi connectivity index (χ0) is 15.8. The van der Waals surface area contributed by atoms with Crippen LogP contribution in [0.15, 0.2) is 42.5 Å². The van der Waals surface area contributed by atoms with Crippen LogP contribution in [0.2, 0.25) is 0 Å². The van der Waals surface area contributed by atoms with Crippen LogP contribution in [0.3, 0.4) is 0 Å². The lowest BCUT2D eigenvalue weighted by Gasteiger charge is -2.31. The summed E-state index contributed by atoms with van der Waals surface area (Å²) in [5.74, 6) is 2.74. The molecular weight excluding hydrogens is 264 g/mol. The molecule has 0 amide bonds. The maximum absolute atomic E-state index is 4.03. The van der Waals surface area contributed by atoms with Crippen LogP contribution in [0, 0.1) is 11.8 Å². The molecule has 1 atom stereocenters. The highest BCUT2D eigenvalue weighted by Gasteiger charge is 2.24. The molecule has 1 aromatic rings. The Morgan fingerprint density at radius 2 is 1.82 bits per heavy atom. The van der Waals surface area contributed by atoms with Crippen molar-refractivity contribution >= 4 is 0 Å². The summed E-state index contributed by atoms with van der Waals surface area (Å²) < 4.78 is 0. The maximum atomic E-state index is 4.03. The fourth-order valence-corrected chi connectivity index (χ4v) is 4.11. The summed E-state index contributed by atoms with van der Waals surface area (Å²) in [5, 5.41) is 0. The van der Waals surface area contributed by atoms with Crippen LogP contribution in [0.1, 0.15) is 83.1 Å². The second-order valence-corrected chi connectivity index (χ2v) is 7.49. The van der Waals surface area contributed by atoms with Crippen LogP contribution in [0.25, 0.3) is 0 Å². The van der Waals surface area contributed by atoms with Crippen molar-refractivity contribution in [3.63, 3.8) is 0 Å². The van der Waals surface area contributed by atoms with Crippen molar-refractivity contribution in [3.8, 4) is 0 Å². The number of rotatable bonds is 8. The number of hydrogen-bond donors (Lipinski definition) is 0. The second kappa shape index (κ2) is 9.18. The van der Waals surface area contributed by atoms with Crippen LogP contribution < -0.4 is 0 Å². The van der Waals surface area contributed by atoms with E-state index >= 15 is 0 Å². The molecule has 0 saturated heterocycles. The van der Waals surface area contributed by atoms with E-state index in [-0.39, 0.29) is 0 Å². The standard InChI is InChI=1S/C22H34/c1-4-19(10-8-9-18(2)3)17-20-13-15-22(16-14-20)21-11-6-5-7-12-21/h5-7,11-12,19-20,22H,2,4,8-10,13-17H2,1,3H3. The smallest absolute Gasteiger partial charge is 0.0162 e. The van der Waals surface area contributed by atoms with Gasteiger partial charge in [0.2, 0.25) is 0 Å². The van der Waals surface area contributed by atoms with Gasteiger partial charge in [0.25, 0.3) is 0 Å². The molecule has 0 spiro atoms. The quantitative estimate of drug-likeness (QED) is 0.448. The zero-order valence-electron chi connectivity index (χ0n) is 14.7. The first-order valence-electron chi connectivity index (χ1n) is 9.38. The lowest BCUT2D eigenvalue weighted by Crippen LogP contribution is -2.16. The molecule has 0 aromatic heterocycles. The Bertz CT molecular complexity index is 423. The number of benzene rings is 1. The maximum Gasteiger partial charge on any atom is -0.0162 e. The fourth-order valence-electron chi connectivity index (χ4n) is 4.11. The van der Waals surface area contributed by atoms with Gasteiger partial charge in [0, 0.05) is 0 Å². The Hall–Kier alpha value is -1.04. The van der Waals surface area contributed by atoms with Crippen molar-refractivity contribution in [2.24, 2.45) is 11.8 Å². The molecule has 1 aromatic carbocycles. The molecule has 0 N–H and O–H groups in total. The first-order valence-corrected chi connectivity index (χ1v) is 9.38. The van der Waals surface area contributed by atoms with Crippen LogP contribution in [-0.4, -0.2) is 0 Å². The van der Waals surface area contributed by atoms with E-state index in [2.05, 4.69) is 50.8 Å². The zero-order valence-corrected chi connectivity index (χ0v) is 14.7. The van der Waals surface area contributed by atoms with E-state index in [4.69, 9.17) is 0 Å². The minimum atomic E-state index is 0.820. The molecule has 2 rings (SSSR count). The van der Waals surface area contributed by atoms with Crippen molar-refractivity contribution in [1.29, 1.82) is 0 Å². The molecule has 0 nitrogen and oxygen atoms in total. The summed E-state index contributed by atoms with van der Waals surface area (Å²) in [6.07, 6.45) is 12.5. The summed E-state index contributed by atoms with van der Waals surface area (Å²) in [5.41, 5.74) is 2.91. The number of hydrogen-bond acceptors (Lipinski definition) is 0. The Morgan fingerprint density at radius 3 is 2.41 bits per heavy atom. The van der Waals surface area contributed by atoms with E-state index in [1.54, 1.807) is 5.56 Å². The van der Waals surface area contributed by atoms with E-state index < -0.39 is 0 Å². The SMILES string of the molecule is C=C(C)CCCC(CC)CC1CCC(c2ccccc2)CC1. The van der Waals surface area contributed by atoms with Gasteiger partial charge in [-0.25, -0.2) is 0 Å². The molecule has 1 aliphatic rings. The lowest BCUT2D eigenvalue weighted by atomic mass is 9.75. The van der Waals surface area contributed by atoms with Gasteiger partial charge in [-0.15, -0.1) is 6.58 Å². The van der Waals surface area contributed by atoms with Gasteiger partial charge >= 0.3 is 0 Å². The summed E-state index contributed by atoms with van der Waals surface area (Å²) in [4.78, 5) is 0. The largest absolute Gasteiger partial charge is 0.100 e.